The third-order valence-corrected chi connectivity index (χ3v) is 16.0. The minimum atomic E-state index is -5.25. The van der Waals surface area contributed by atoms with Crippen LogP contribution in [0.4, 0.5) is 14.6 Å². The first-order valence-corrected chi connectivity index (χ1v) is 26.8. The third-order valence-electron chi connectivity index (χ3n) is 11.4. The number of anilines is 1. The number of aromatic nitrogens is 7. The number of rotatable bonds is 17. The number of aromatic amines is 1. The van der Waals surface area contributed by atoms with Crippen molar-refractivity contribution in [2.24, 2.45) is 0 Å². The number of H-pyrrole nitrogens is 1. The van der Waals surface area contributed by atoms with Gasteiger partial charge in [0.25, 0.3) is 5.56 Å². The van der Waals surface area contributed by atoms with Gasteiger partial charge < -0.3 is 29.6 Å². The van der Waals surface area contributed by atoms with Gasteiger partial charge in [0.05, 0.1) is 43.6 Å². The molecule has 0 radical (unpaired) electrons. The Labute approximate surface area is 396 Å². The zero-order valence-corrected chi connectivity index (χ0v) is 39.6. The van der Waals surface area contributed by atoms with Crippen LogP contribution in [0.1, 0.15) is 86.8 Å². The molecule has 4 N–H and O–H groups in total. The van der Waals surface area contributed by atoms with Crippen molar-refractivity contribution in [3.05, 3.63) is 99.6 Å². The number of ether oxygens (including phenoxy) is 4. The highest BCUT2D eigenvalue weighted by Crippen LogP contribution is 2.64. The van der Waals surface area contributed by atoms with Gasteiger partial charge in [-0.3, -0.25) is 42.0 Å². The van der Waals surface area contributed by atoms with Crippen LogP contribution in [0.5, 0.6) is 11.5 Å². The fraction of sp³-hybridized carbons (Fsp3) is 0.500. The zero-order valence-electron chi connectivity index (χ0n) is 37.0. The predicted molar refractivity (Wildman–Crippen MR) is 243 cm³/mol. The maximum absolute atomic E-state index is 16.5. The van der Waals surface area contributed by atoms with E-state index in [1.54, 1.807) is 24.3 Å². The zero-order chi connectivity index (χ0) is 48.7. The monoisotopic (exact) mass is 1020 g/mol. The number of nitrogen functional groups attached to an aromatic ring is 1. The number of phosphoric acid groups is 1. The molecule has 0 spiro atoms. The lowest BCUT2D eigenvalue weighted by Gasteiger charge is -2.29. The maximum atomic E-state index is 16.5. The third kappa shape index (κ3) is 12.3. The number of fused-ring (bicyclic) bond motifs is 3. The van der Waals surface area contributed by atoms with E-state index in [2.05, 4.69) is 26.9 Å². The molecule has 5 aromatic rings. The smallest absolute Gasteiger partial charge is 0.472 e. The lowest BCUT2D eigenvalue weighted by Crippen LogP contribution is -2.38. The average Bonchev–Trinajstić information content (AvgIpc) is 3.99. The number of nitrogens with two attached hydrogens (primary N) is 1. The van der Waals surface area contributed by atoms with Gasteiger partial charge in [-0.15, -0.1) is 0 Å². The van der Waals surface area contributed by atoms with Crippen LogP contribution in [-0.4, -0.2) is 101 Å². The van der Waals surface area contributed by atoms with Crippen LogP contribution in [0.2, 0.25) is 0 Å². The van der Waals surface area contributed by atoms with E-state index >= 15 is 8.78 Å². The largest absolute Gasteiger partial charge is 0.494 e. The topological polar surface area (TPSA) is 283 Å². The van der Waals surface area contributed by atoms with Crippen molar-refractivity contribution in [1.82, 2.24) is 34.1 Å². The molecule has 22 nitrogen and oxygen atoms in total. The summed E-state index contributed by atoms with van der Waals surface area (Å²) in [6, 6.07) is 10.4. The van der Waals surface area contributed by atoms with E-state index in [1.807, 2.05) is 4.98 Å². The van der Waals surface area contributed by atoms with Crippen LogP contribution in [-0.2, 0) is 42.5 Å². The molecule has 0 bridgehead atoms. The number of hydrogen-bond acceptors (Lipinski definition) is 19. The molecule has 3 fully saturated rings. The Morgan fingerprint density at radius 2 is 1.52 bits per heavy atom. The van der Waals surface area contributed by atoms with E-state index in [4.69, 9.17) is 42.8 Å². The number of unbranched alkanes of at least 4 members (excludes halogenated alkanes) is 7. The Morgan fingerprint density at radius 1 is 0.855 bits per heavy atom. The van der Waals surface area contributed by atoms with Crippen molar-refractivity contribution in [2.75, 3.05) is 25.6 Å². The highest BCUT2D eigenvalue weighted by Gasteiger charge is 2.55. The first-order chi connectivity index (χ1) is 33.2. The van der Waals surface area contributed by atoms with Crippen molar-refractivity contribution < 1.29 is 64.6 Å². The molecule has 2 unspecified atom stereocenters. The van der Waals surface area contributed by atoms with E-state index in [-0.39, 0.29) is 39.7 Å². The number of carbonyl (C=O) groups excluding carboxylic acids is 1. The Bertz CT molecular complexity index is 2770. The van der Waals surface area contributed by atoms with Crippen LogP contribution in [0.3, 0.4) is 0 Å². The number of nitrogens with zero attached hydrogens (tertiary/aromatic N) is 6. The standard InChI is InChI=1S/C42H50F2N8O14P2S/c1-2-3-4-5-6-7-8-9-18-59-27-13-10-25(11-14-27)41(54)62-28-15-12-26(46-19-28)22-69-68(58)61-21-30-35(32(43)40(64-30)52-24-49-34-37(45)47-23-48-38(34)52)65-67(56,57)60-20-29-36(66-68)33(44)39(63-29)51-17-16-31(53)50-42(51)55/h10-17,19,23-24,29-30,32-33,35-36,39-40H,2-9,18,20-22H2,1H3,(H,56,57)(H2,45,47,48)(H,50,53,55)/t29-,30-,32-,33-,35-,36-,39-,40-,68?/m1/s1. The minimum Gasteiger partial charge on any atom is -0.494 e. The number of halogens is 2. The van der Waals surface area contributed by atoms with E-state index in [1.165, 1.54) is 56.9 Å². The highest BCUT2D eigenvalue weighted by atomic mass is 32.7. The summed E-state index contributed by atoms with van der Waals surface area (Å²) in [6.07, 6.45) is -1.18. The molecule has 3 aliphatic rings. The number of carbonyl (C=O) groups is 1. The normalized spacial score (nSPS) is 28.3. The number of nitrogens with one attached hydrogen (secondary N) is 1. The molecular formula is C42H50F2N8O14P2S. The molecule has 0 aliphatic carbocycles. The van der Waals surface area contributed by atoms with Gasteiger partial charge in [0.15, 0.2) is 36.3 Å². The van der Waals surface area contributed by atoms with E-state index in [0.29, 0.717) is 28.3 Å². The first-order valence-electron chi connectivity index (χ1n) is 22.2. The summed E-state index contributed by atoms with van der Waals surface area (Å²) < 4.78 is 108. The summed E-state index contributed by atoms with van der Waals surface area (Å²) in [7, 11) is -5.25. The minimum absolute atomic E-state index is 0.0191. The van der Waals surface area contributed by atoms with Gasteiger partial charge in [0.1, 0.15) is 47.8 Å². The second-order valence-electron chi connectivity index (χ2n) is 16.3. The number of imidazole rings is 1. The van der Waals surface area contributed by atoms with Gasteiger partial charge in [0.2, 0.25) is 0 Å². The number of pyridine rings is 1. The molecule has 4 aromatic heterocycles. The average molecular weight is 1020 g/mol. The van der Waals surface area contributed by atoms with Crippen molar-refractivity contribution in [2.45, 2.75) is 113 Å². The number of hydrogen-bond donors (Lipinski definition) is 3. The van der Waals surface area contributed by atoms with Crippen LogP contribution in [0.15, 0.2) is 77.1 Å². The summed E-state index contributed by atoms with van der Waals surface area (Å²) >= 11 is 0.533. The van der Waals surface area contributed by atoms with Gasteiger partial charge in [-0.2, -0.15) is 0 Å². The van der Waals surface area contributed by atoms with E-state index in [9.17, 15) is 28.4 Å². The summed E-state index contributed by atoms with van der Waals surface area (Å²) in [6.45, 7) is -3.72. The number of benzene rings is 1. The summed E-state index contributed by atoms with van der Waals surface area (Å²) in [5, 5.41) is 0. The molecule has 7 heterocycles. The Balaban J connectivity index is 0.953. The predicted octanol–water partition coefficient (Wildman–Crippen LogP) is 6.52. The van der Waals surface area contributed by atoms with Gasteiger partial charge in [-0.25, -0.2) is 42.5 Å². The Morgan fingerprint density at radius 3 is 2.22 bits per heavy atom. The SMILES string of the molecule is CCCCCCCCCCOc1ccc(C(=O)Oc2ccc(CSP3(=O)OC[C@H]4O[C@@H](n5cnc6c(N)ncnc65)[C@H](F)[C@@H]4OP(=O)(O)OC[C@H]4O[C@@H](n5ccc(=O)[nH]c5=O)[C@H](F)[C@@H]4O3)nc2)cc1. The van der Waals surface area contributed by atoms with E-state index < -0.39 is 94.3 Å². The molecule has 0 amide bonds. The van der Waals surface area contributed by atoms with Crippen LogP contribution < -0.4 is 26.5 Å². The van der Waals surface area contributed by atoms with Crippen molar-refractivity contribution in [1.29, 1.82) is 0 Å². The summed E-state index contributed by atoms with van der Waals surface area (Å²) in [5.41, 5.74) is 4.74. The molecule has 1 aromatic carbocycles. The van der Waals surface area contributed by atoms with Crippen LogP contribution in [0.25, 0.3) is 11.2 Å². The molecule has 372 valence electrons. The quantitative estimate of drug-likeness (QED) is 0.0507. The van der Waals surface area contributed by atoms with Crippen molar-refractivity contribution in [3.63, 3.8) is 0 Å². The van der Waals surface area contributed by atoms with E-state index in [0.717, 1.165) is 42.3 Å². The lowest BCUT2D eigenvalue weighted by molar-refractivity contribution is -0.0619. The van der Waals surface area contributed by atoms with Gasteiger partial charge >= 0.3 is 26.3 Å². The Kier molecular flexibility index (Phi) is 16.4. The lowest BCUT2D eigenvalue weighted by atomic mass is 10.1. The van der Waals surface area contributed by atoms with Crippen LogP contribution in [0, 0.1) is 0 Å². The first kappa shape index (κ1) is 50.4. The molecule has 8 rings (SSSR count). The molecule has 69 heavy (non-hydrogen) atoms. The van der Waals surface area contributed by atoms with Gasteiger partial charge in [-0.05, 0) is 54.2 Å². The van der Waals surface area contributed by atoms with Crippen molar-refractivity contribution in [3.8, 4) is 11.5 Å². The number of esters is 1. The molecule has 10 atom stereocenters. The number of phosphoric ester groups is 1. The summed E-state index contributed by atoms with van der Waals surface area (Å²) in [4.78, 5) is 66.7. The fourth-order valence-corrected chi connectivity index (χ4v) is 12.0. The second kappa shape index (κ2) is 22.4. The second-order valence-corrected chi connectivity index (χ2v) is 21.7. The summed E-state index contributed by atoms with van der Waals surface area (Å²) in [5.74, 6) is -0.186. The number of alkyl halides is 2. The molecule has 27 heteroatoms. The maximum Gasteiger partial charge on any atom is 0.472 e. The molecular weight excluding hydrogens is 973 g/mol. The fourth-order valence-electron chi connectivity index (χ4n) is 7.78. The molecule has 0 saturated carbocycles. The Hall–Kier alpha value is -4.94. The molecule has 3 aliphatic heterocycles. The highest BCUT2D eigenvalue weighted by molar-refractivity contribution is 8.54. The molecule has 3 saturated heterocycles. The van der Waals surface area contributed by atoms with Gasteiger partial charge in [-0.1, -0.05) is 51.9 Å². The van der Waals surface area contributed by atoms with Gasteiger partial charge in [0, 0.05) is 18.0 Å². The van der Waals surface area contributed by atoms with Crippen molar-refractivity contribution >= 4 is 49.0 Å². The van der Waals surface area contributed by atoms with Crippen LogP contribution >= 0.6 is 26.0 Å².